The third-order valence-electron chi connectivity index (χ3n) is 2.01. The standard InChI is InChI=1S/C7H8N2.C6H6O3S.H2O/c1-2-3-7-6-8-4-5-9-7;7-10(8,9)6-4-2-1-3-5-6;/h2,4-6H,1,3H2;1-5H,(H,7,8,9);1H2. The molecule has 7 heteroatoms. The average molecular weight is 296 g/mol. The molecule has 0 spiro atoms. The van der Waals surface area contributed by atoms with Gasteiger partial charge >= 0.3 is 0 Å². The predicted octanol–water partition coefficient (Wildman–Crippen LogP) is 1.31. The minimum Gasteiger partial charge on any atom is -0.412 e. The van der Waals surface area contributed by atoms with Crippen LogP contribution in [-0.2, 0) is 16.5 Å². The summed E-state index contributed by atoms with van der Waals surface area (Å²) in [6.45, 7) is 3.59. The Balaban J connectivity index is 0.000000345. The van der Waals surface area contributed by atoms with Crippen LogP contribution in [0.4, 0.5) is 0 Å². The van der Waals surface area contributed by atoms with Gasteiger partial charge in [-0.05, 0) is 12.1 Å². The van der Waals surface area contributed by atoms with Gasteiger partial charge in [-0.25, -0.2) is 0 Å². The van der Waals surface area contributed by atoms with E-state index < -0.39 is 10.1 Å². The molecular weight excluding hydrogens is 280 g/mol. The summed E-state index contributed by atoms with van der Waals surface area (Å²) in [4.78, 5) is 7.85. The first-order chi connectivity index (χ1) is 9.04. The van der Waals surface area contributed by atoms with E-state index in [1.54, 1.807) is 36.8 Å². The van der Waals surface area contributed by atoms with Gasteiger partial charge in [0.15, 0.2) is 0 Å². The Morgan fingerprint density at radius 2 is 1.85 bits per heavy atom. The second-order valence-electron chi connectivity index (χ2n) is 3.48. The molecule has 1 heterocycles. The summed E-state index contributed by atoms with van der Waals surface area (Å²) in [5.41, 5.74) is 0.965. The smallest absolute Gasteiger partial charge is 0.294 e. The Labute approximate surface area is 117 Å². The molecule has 6 nitrogen and oxygen atoms in total. The Bertz CT molecular complexity index is 601. The van der Waals surface area contributed by atoms with Crippen molar-refractivity contribution in [3.8, 4) is 0 Å². The molecule has 0 aliphatic heterocycles. The van der Waals surface area contributed by atoms with Crippen LogP contribution in [0.15, 0.2) is 66.5 Å². The summed E-state index contributed by atoms with van der Waals surface area (Å²) >= 11 is 0. The topological polar surface area (TPSA) is 112 Å². The summed E-state index contributed by atoms with van der Waals surface area (Å²) in [5, 5.41) is 0. The molecule has 0 radical (unpaired) electrons. The van der Waals surface area contributed by atoms with Crippen LogP contribution in [0.25, 0.3) is 0 Å². The van der Waals surface area contributed by atoms with Gasteiger partial charge in [-0.2, -0.15) is 8.42 Å². The van der Waals surface area contributed by atoms with E-state index in [0.29, 0.717) is 0 Å². The van der Waals surface area contributed by atoms with E-state index in [-0.39, 0.29) is 10.4 Å². The van der Waals surface area contributed by atoms with Crippen molar-refractivity contribution in [3.05, 3.63) is 67.3 Å². The Hall–Kier alpha value is -2.09. The molecule has 1 aromatic heterocycles. The quantitative estimate of drug-likeness (QED) is 0.678. The van der Waals surface area contributed by atoms with Gasteiger partial charge in [-0.15, -0.1) is 6.58 Å². The van der Waals surface area contributed by atoms with Crippen molar-refractivity contribution in [2.75, 3.05) is 0 Å². The predicted molar refractivity (Wildman–Crippen MR) is 75.8 cm³/mol. The monoisotopic (exact) mass is 296 g/mol. The maximum absolute atomic E-state index is 10.4. The number of benzene rings is 1. The normalized spacial score (nSPS) is 9.65. The van der Waals surface area contributed by atoms with Gasteiger partial charge in [0.2, 0.25) is 0 Å². The van der Waals surface area contributed by atoms with Crippen LogP contribution in [0.1, 0.15) is 5.69 Å². The van der Waals surface area contributed by atoms with Gasteiger partial charge in [0, 0.05) is 25.0 Å². The third kappa shape index (κ3) is 6.74. The molecule has 0 saturated carbocycles. The van der Waals surface area contributed by atoms with Crippen LogP contribution in [0.5, 0.6) is 0 Å². The first-order valence-electron chi connectivity index (χ1n) is 5.42. The number of aromatic nitrogens is 2. The molecule has 2 aromatic rings. The highest BCUT2D eigenvalue weighted by molar-refractivity contribution is 7.85. The lowest BCUT2D eigenvalue weighted by atomic mass is 10.3. The van der Waals surface area contributed by atoms with Gasteiger partial charge in [-0.1, -0.05) is 24.3 Å². The first kappa shape index (κ1) is 17.9. The highest BCUT2D eigenvalue weighted by atomic mass is 32.2. The molecule has 0 saturated heterocycles. The van der Waals surface area contributed by atoms with Crippen LogP contribution in [0.3, 0.4) is 0 Å². The van der Waals surface area contributed by atoms with Crippen LogP contribution in [-0.4, -0.2) is 28.4 Å². The Morgan fingerprint density at radius 3 is 2.25 bits per heavy atom. The van der Waals surface area contributed by atoms with Gasteiger partial charge in [0.1, 0.15) is 0 Å². The molecule has 0 atom stereocenters. The molecule has 108 valence electrons. The molecule has 0 bridgehead atoms. The molecule has 2 rings (SSSR count). The molecule has 20 heavy (non-hydrogen) atoms. The zero-order valence-electron chi connectivity index (χ0n) is 10.7. The van der Waals surface area contributed by atoms with Crippen LogP contribution < -0.4 is 0 Å². The van der Waals surface area contributed by atoms with E-state index in [1.807, 2.05) is 6.08 Å². The fourth-order valence-corrected chi connectivity index (χ4v) is 1.68. The SMILES string of the molecule is C=CCc1cnccn1.O.O=S(=O)(O)c1ccccc1. The summed E-state index contributed by atoms with van der Waals surface area (Å²) in [7, 11) is -4.00. The van der Waals surface area contributed by atoms with Crippen molar-refractivity contribution < 1.29 is 18.4 Å². The minimum atomic E-state index is -4.00. The van der Waals surface area contributed by atoms with Crippen molar-refractivity contribution in [3.63, 3.8) is 0 Å². The molecule has 1 aromatic carbocycles. The Kier molecular flexibility index (Phi) is 7.98. The third-order valence-corrected chi connectivity index (χ3v) is 2.88. The molecule has 3 N–H and O–H groups in total. The van der Waals surface area contributed by atoms with Crippen LogP contribution in [0, 0.1) is 0 Å². The van der Waals surface area contributed by atoms with E-state index in [2.05, 4.69) is 16.5 Å². The van der Waals surface area contributed by atoms with Crippen LogP contribution >= 0.6 is 0 Å². The number of allylic oxidation sites excluding steroid dienone is 1. The van der Waals surface area contributed by atoms with Crippen molar-refractivity contribution in [1.82, 2.24) is 9.97 Å². The Morgan fingerprint density at radius 1 is 1.20 bits per heavy atom. The summed E-state index contributed by atoms with van der Waals surface area (Å²) in [6.07, 6.45) is 7.69. The lowest BCUT2D eigenvalue weighted by molar-refractivity contribution is 0.483. The maximum Gasteiger partial charge on any atom is 0.294 e. The van der Waals surface area contributed by atoms with E-state index in [1.165, 1.54) is 12.1 Å². The molecule has 0 fully saturated rings. The zero-order chi connectivity index (χ0) is 14.1. The van der Waals surface area contributed by atoms with Crippen molar-refractivity contribution in [1.29, 1.82) is 0 Å². The first-order valence-corrected chi connectivity index (χ1v) is 6.86. The number of hydrogen-bond acceptors (Lipinski definition) is 4. The second-order valence-corrected chi connectivity index (χ2v) is 4.90. The second kappa shape index (κ2) is 8.92. The summed E-state index contributed by atoms with van der Waals surface area (Å²) < 4.78 is 29.2. The average Bonchev–Trinajstić information content (AvgIpc) is 2.41. The summed E-state index contributed by atoms with van der Waals surface area (Å²) in [5.74, 6) is 0. The molecule has 0 unspecified atom stereocenters. The van der Waals surface area contributed by atoms with Crippen LogP contribution in [0.2, 0.25) is 0 Å². The fourth-order valence-electron chi connectivity index (χ4n) is 1.18. The van der Waals surface area contributed by atoms with Crippen molar-refractivity contribution >= 4 is 10.1 Å². The molecule has 0 aliphatic rings. The van der Waals surface area contributed by atoms with E-state index in [0.717, 1.165) is 12.1 Å². The van der Waals surface area contributed by atoms with E-state index in [4.69, 9.17) is 4.55 Å². The molecule has 0 amide bonds. The number of hydrogen-bond donors (Lipinski definition) is 1. The lowest BCUT2D eigenvalue weighted by Crippen LogP contribution is -1.96. The van der Waals surface area contributed by atoms with Crippen molar-refractivity contribution in [2.24, 2.45) is 0 Å². The largest absolute Gasteiger partial charge is 0.412 e. The fraction of sp³-hybridized carbons (Fsp3) is 0.0769. The number of rotatable bonds is 3. The van der Waals surface area contributed by atoms with E-state index >= 15 is 0 Å². The highest BCUT2D eigenvalue weighted by Crippen LogP contribution is 2.05. The minimum absolute atomic E-state index is 0. The van der Waals surface area contributed by atoms with Gasteiger partial charge in [0.25, 0.3) is 10.1 Å². The molecule has 0 aliphatic carbocycles. The zero-order valence-corrected chi connectivity index (χ0v) is 11.5. The van der Waals surface area contributed by atoms with Gasteiger partial charge in [0.05, 0.1) is 10.6 Å². The summed E-state index contributed by atoms with van der Waals surface area (Å²) in [6, 6.07) is 7.42. The number of nitrogens with zero attached hydrogens (tertiary/aromatic N) is 2. The van der Waals surface area contributed by atoms with Gasteiger partial charge in [-0.3, -0.25) is 14.5 Å². The molecular formula is C13H16N2O4S. The van der Waals surface area contributed by atoms with Crippen molar-refractivity contribution in [2.45, 2.75) is 11.3 Å². The van der Waals surface area contributed by atoms with E-state index in [9.17, 15) is 8.42 Å². The van der Waals surface area contributed by atoms with Gasteiger partial charge < -0.3 is 5.48 Å². The lowest BCUT2D eigenvalue weighted by Gasteiger charge is -1.92. The maximum atomic E-state index is 10.4. The highest BCUT2D eigenvalue weighted by Gasteiger charge is 2.05.